The largest absolute Gasteiger partial charge is 0.274 e. The number of thiophene rings is 1. The highest BCUT2D eigenvalue weighted by atomic mass is 32.2. The number of carbonyl (C=O) groups excluding carboxylic acids is 2. The van der Waals surface area contributed by atoms with Gasteiger partial charge in [-0.25, -0.2) is 13.3 Å². The van der Waals surface area contributed by atoms with Crippen LogP contribution in [0.4, 0.5) is 5.69 Å². The van der Waals surface area contributed by atoms with E-state index in [1.54, 1.807) is 47.8 Å². The Hall–Kier alpha value is -2.03. The number of hydrogen-bond donors (Lipinski definition) is 0. The van der Waals surface area contributed by atoms with Gasteiger partial charge in [0, 0.05) is 6.04 Å². The van der Waals surface area contributed by atoms with Crippen LogP contribution < -0.4 is 4.90 Å². The fourth-order valence-corrected chi connectivity index (χ4v) is 6.88. The Morgan fingerprint density at radius 2 is 1.70 bits per heavy atom. The molecule has 0 N–H and O–H groups in total. The third kappa shape index (κ3) is 3.22. The van der Waals surface area contributed by atoms with Crippen LogP contribution in [0.3, 0.4) is 0 Å². The van der Waals surface area contributed by atoms with E-state index in [1.807, 2.05) is 0 Å². The first-order valence-corrected chi connectivity index (χ1v) is 11.3. The van der Waals surface area contributed by atoms with Gasteiger partial charge in [0.05, 0.1) is 12.1 Å². The molecule has 1 aliphatic heterocycles. The molecule has 142 valence electrons. The molecule has 1 unspecified atom stereocenters. The average molecular weight is 405 g/mol. The minimum absolute atomic E-state index is 0.116. The van der Waals surface area contributed by atoms with Gasteiger partial charge in [-0.3, -0.25) is 9.59 Å². The lowest BCUT2D eigenvalue weighted by atomic mass is 10.2. The number of para-hydroxylation sites is 1. The SMILES string of the molecule is O=C1CC(N(C2CCCC2)S(=O)(=O)c2cccs2)C(=O)N1c1ccccc1. The van der Waals surface area contributed by atoms with Crippen molar-refractivity contribution in [2.75, 3.05) is 4.90 Å². The molecular formula is C19H20N2O4S2. The molecule has 1 atom stereocenters. The molecule has 8 heteroatoms. The lowest BCUT2D eigenvalue weighted by Crippen LogP contribution is -2.49. The molecule has 2 fully saturated rings. The molecule has 2 aromatic rings. The fourth-order valence-electron chi connectivity index (χ4n) is 3.95. The van der Waals surface area contributed by atoms with Crippen molar-refractivity contribution in [2.24, 2.45) is 0 Å². The lowest BCUT2D eigenvalue weighted by molar-refractivity contribution is -0.122. The van der Waals surface area contributed by atoms with E-state index >= 15 is 0 Å². The van der Waals surface area contributed by atoms with Crippen molar-refractivity contribution in [1.82, 2.24) is 4.31 Å². The fraction of sp³-hybridized carbons (Fsp3) is 0.368. The molecule has 0 spiro atoms. The van der Waals surface area contributed by atoms with Gasteiger partial charge in [-0.15, -0.1) is 11.3 Å². The summed E-state index contributed by atoms with van der Waals surface area (Å²) < 4.78 is 28.2. The summed E-state index contributed by atoms with van der Waals surface area (Å²) in [5, 5.41) is 1.71. The maximum absolute atomic E-state index is 13.3. The van der Waals surface area contributed by atoms with E-state index in [0.717, 1.165) is 29.1 Å². The Balaban J connectivity index is 1.73. The first kappa shape index (κ1) is 18.3. The van der Waals surface area contributed by atoms with Gasteiger partial charge in [-0.1, -0.05) is 37.1 Å². The molecule has 2 heterocycles. The van der Waals surface area contributed by atoms with Crippen LogP contribution in [0, 0.1) is 0 Å². The van der Waals surface area contributed by atoms with Gasteiger partial charge in [0.2, 0.25) is 5.91 Å². The van der Waals surface area contributed by atoms with Crippen molar-refractivity contribution in [2.45, 2.75) is 48.4 Å². The summed E-state index contributed by atoms with van der Waals surface area (Å²) >= 11 is 1.14. The Kier molecular flexibility index (Phi) is 4.88. The van der Waals surface area contributed by atoms with Crippen molar-refractivity contribution in [3.63, 3.8) is 0 Å². The van der Waals surface area contributed by atoms with Gasteiger partial charge in [-0.2, -0.15) is 4.31 Å². The zero-order chi connectivity index (χ0) is 19.0. The highest BCUT2D eigenvalue weighted by Gasteiger charge is 2.49. The quantitative estimate of drug-likeness (QED) is 0.718. The molecule has 27 heavy (non-hydrogen) atoms. The van der Waals surface area contributed by atoms with E-state index < -0.39 is 22.0 Å². The summed E-state index contributed by atoms with van der Waals surface area (Å²) in [5.74, 6) is -0.821. The van der Waals surface area contributed by atoms with E-state index in [2.05, 4.69) is 0 Å². The van der Waals surface area contributed by atoms with Crippen LogP contribution in [-0.4, -0.2) is 36.6 Å². The Labute approximate surface area is 162 Å². The number of imide groups is 1. The third-order valence-electron chi connectivity index (χ3n) is 5.16. The summed E-state index contributed by atoms with van der Waals surface area (Å²) in [7, 11) is -3.83. The van der Waals surface area contributed by atoms with Crippen molar-refractivity contribution >= 4 is 38.9 Å². The van der Waals surface area contributed by atoms with Crippen LogP contribution in [0.5, 0.6) is 0 Å². The van der Waals surface area contributed by atoms with Crippen molar-refractivity contribution in [3.05, 3.63) is 47.8 Å². The summed E-state index contributed by atoms with van der Waals surface area (Å²) in [6.45, 7) is 0. The third-order valence-corrected chi connectivity index (χ3v) is 8.49. The maximum Gasteiger partial charge on any atom is 0.253 e. The number of hydrogen-bond acceptors (Lipinski definition) is 5. The second-order valence-corrected chi connectivity index (χ2v) is 9.85. The Morgan fingerprint density at radius 3 is 2.33 bits per heavy atom. The molecule has 2 aliphatic rings. The lowest BCUT2D eigenvalue weighted by Gasteiger charge is -2.31. The molecule has 1 aliphatic carbocycles. The summed E-state index contributed by atoms with van der Waals surface area (Å²) in [5.41, 5.74) is 0.481. The zero-order valence-electron chi connectivity index (χ0n) is 14.7. The molecule has 1 saturated heterocycles. The monoisotopic (exact) mass is 404 g/mol. The number of anilines is 1. The normalized spacial score (nSPS) is 21.5. The number of rotatable bonds is 5. The van der Waals surface area contributed by atoms with Gasteiger partial charge in [0.1, 0.15) is 10.3 Å². The van der Waals surface area contributed by atoms with E-state index in [-0.39, 0.29) is 22.6 Å². The first-order valence-electron chi connectivity index (χ1n) is 8.99. The number of carbonyl (C=O) groups is 2. The Bertz CT molecular complexity index is 935. The topological polar surface area (TPSA) is 74.8 Å². The van der Waals surface area contributed by atoms with Gasteiger partial charge in [-0.05, 0) is 36.4 Å². The van der Waals surface area contributed by atoms with Gasteiger partial charge < -0.3 is 0 Å². The van der Waals surface area contributed by atoms with Crippen LogP contribution in [0.1, 0.15) is 32.1 Å². The second-order valence-electron chi connectivity index (χ2n) is 6.83. The minimum Gasteiger partial charge on any atom is -0.274 e. The summed E-state index contributed by atoms with van der Waals surface area (Å²) in [4.78, 5) is 26.9. The number of nitrogens with zero attached hydrogens (tertiary/aromatic N) is 2. The van der Waals surface area contributed by atoms with Crippen molar-refractivity contribution in [3.8, 4) is 0 Å². The molecule has 4 rings (SSSR count). The molecule has 1 aromatic heterocycles. The molecule has 6 nitrogen and oxygen atoms in total. The predicted octanol–water partition coefficient (Wildman–Crippen LogP) is 3.01. The summed E-state index contributed by atoms with van der Waals surface area (Å²) in [6.07, 6.45) is 3.17. The van der Waals surface area contributed by atoms with Crippen molar-refractivity contribution < 1.29 is 18.0 Å². The standard InChI is InChI=1S/C19H20N2O4S2/c22-17-13-16(19(23)20(17)14-7-2-1-3-8-14)21(15-9-4-5-10-15)27(24,25)18-11-6-12-26-18/h1-3,6-8,11-12,15-16H,4-5,9-10,13H2. The summed E-state index contributed by atoms with van der Waals surface area (Å²) in [6, 6.07) is 10.7. The van der Waals surface area contributed by atoms with Crippen LogP contribution in [0.15, 0.2) is 52.1 Å². The van der Waals surface area contributed by atoms with Gasteiger partial charge >= 0.3 is 0 Å². The van der Waals surface area contributed by atoms with E-state index in [0.29, 0.717) is 18.5 Å². The smallest absolute Gasteiger partial charge is 0.253 e. The van der Waals surface area contributed by atoms with E-state index in [9.17, 15) is 18.0 Å². The van der Waals surface area contributed by atoms with Crippen LogP contribution in [0.25, 0.3) is 0 Å². The van der Waals surface area contributed by atoms with Crippen LogP contribution in [-0.2, 0) is 19.6 Å². The molecule has 0 radical (unpaired) electrons. The van der Waals surface area contributed by atoms with Crippen molar-refractivity contribution in [1.29, 1.82) is 0 Å². The highest BCUT2D eigenvalue weighted by molar-refractivity contribution is 7.91. The van der Waals surface area contributed by atoms with E-state index in [4.69, 9.17) is 0 Å². The second kappa shape index (κ2) is 7.18. The zero-order valence-corrected chi connectivity index (χ0v) is 16.3. The molecule has 1 saturated carbocycles. The van der Waals surface area contributed by atoms with Crippen LogP contribution in [0.2, 0.25) is 0 Å². The predicted molar refractivity (Wildman–Crippen MR) is 103 cm³/mol. The molecule has 2 amide bonds. The molecular weight excluding hydrogens is 384 g/mol. The van der Waals surface area contributed by atoms with E-state index in [1.165, 1.54) is 4.31 Å². The molecule has 0 bridgehead atoms. The number of benzene rings is 1. The van der Waals surface area contributed by atoms with Gasteiger partial charge in [0.25, 0.3) is 15.9 Å². The molecule has 1 aromatic carbocycles. The number of sulfonamides is 1. The van der Waals surface area contributed by atoms with Crippen LogP contribution >= 0.6 is 11.3 Å². The average Bonchev–Trinajstić information content (AvgIpc) is 3.39. The first-order chi connectivity index (χ1) is 13.0. The van der Waals surface area contributed by atoms with Gasteiger partial charge in [0.15, 0.2) is 0 Å². The Morgan fingerprint density at radius 1 is 1.00 bits per heavy atom. The minimum atomic E-state index is -3.83. The highest BCUT2D eigenvalue weighted by Crippen LogP contribution is 2.36. The maximum atomic E-state index is 13.3. The number of amides is 2.